The highest BCUT2D eigenvalue weighted by Crippen LogP contribution is 2.36. The predicted octanol–water partition coefficient (Wildman–Crippen LogP) is 3.35. The number of nitriles is 1. The highest BCUT2D eigenvalue weighted by atomic mass is 32.2. The minimum absolute atomic E-state index is 0.0836. The minimum Gasteiger partial charge on any atom is -0.382 e. The van der Waals surface area contributed by atoms with Gasteiger partial charge in [-0.1, -0.05) is 18.2 Å². The first-order chi connectivity index (χ1) is 16.1. The van der Waals surface area contributed by atoms with E-state index in [1.165, 1.54) is 24.3 Å². The van der Waals surface area contributed by atoms with Gasteiger partial charge in [-0.3, -0.25) is 4.79 Å². The average molecular weight is 499 g/mol. The first-order valence-corrected chi connectivity index (χ1v) is 11.9. The van der Waals surface area contributed by atoms with E-state index in [2.05, 4.69) is 10.6 Å². The zero-order valence-corrected chi connectivity index (χ0v) is 18.7. The zero-order valence-electron chi connectivity index (χ0n) is 17.9. The van der Waals surface area contributed by atoms with Crippen molar-refractivity contribution < 1.29 is 30.8 Å². The molecular weight excluding hydrogens is 476 g/mol. The van der Waals surface area contributed by atoms with Crippen molar-refractivity contribution in [2.75, 3.05) is 31.5 Å². The molecule has 0 aliphatic carbocycles. The molecule has 1 heterocycles. The number of carbonyl (C=O) groups is 1. The predicted molar refractivity (Wildman–Crippen MR) is 116 cm³/mol. The van der Waals surface area contributed by atoms with E-state index >= 15 is 0 Å². The molecule has 12 heteroatoms. The number of rotatable bonds is 7. The molecule has 2 aromatic carbocycles. The largest absolute Gasteiger partial charge is 0.417 e. The van der Waals surface area contributed by atoms with Gasteiger partial charge in [0.1, 0.15) is 17.4 Å². The van der Waals surface area contributed by atoms with Crippen LogP contribution in [0.5, 0.6) is 0 Å². The lowest BCUT2D eigenvalue weighted by atomic mass is 9.97. The fraction of sp³-hybridized carbons (Fsp3) is 0.364. The van der Waals surface area contributed by atoms with E-state index in [1.807, 2.05) is 0 Å². The quantitative estimate of drug-likeness (QED) is 0.450. The summed E-state index contributed by atoms with van der Waals surface area (Å²) in [4.78, 5) is 11.6. The molecule has 34 heavy (non-hydrogen) atoms. The SMILES string of the molecule is N#Cc1c(F)cccc1NCCNC(=O)C1CCN(S(=O)(=O)c2ccccc2C(F)(F)F)CC1. The van der Waals surface area contributed by atoms with Gasteiger partial charge in [0.05, 0.1) is 16.1 Å². The maximum Gasteiger partial charge on any atom is 0.417 e. The van der Waals surface area contributed by atoms with Gasteiger partial charge in [0.25, 0.3) is 0 Å². The van der Waals surface area contributed by atoms with E-state index in [-0.39, 0.29) is 50.5 Å². The number of anilines is 1. The highest BCUT2D eigenvalue weighted by molar-refractivity contribution is 7.89. The molecule has 0 unspecified atom stereocenters. The van der Waals surface area contributed by atoms with Crippen LogP contribution in [0.15, 0.2) is 47.4 Å². The summed E-state index contributed by atoms with van der Waals surface area (Å²) in [6.45, 7) is 0.238. The number of nitrogens with zero attached hydrogens (tertiary/aromatic N) is 2. The lowest BCUT2D eigenvalue weighted by Gasteiger charge is -2.31. The molecule has 3 rings (SSSR count). The maximum absolute atomic E-state index is 13.6. The van der Waals surface area contributed by atoms with E-state index in [9.17, 15) is 30.8 Å². The van der Waals surface area contributed by atoms with Crippen LogP contribution in [-0.2, 0) is 21.0 Å². The van der Waals surface area contributed by atoms with Crippen molar-refractivity contribution in [3.8, 4) is 6.07 Å². The standard InChI is InChI=1S/C22H22F4N4O3S/c23-18-5-3-6-19(16(18)14-27)28-10-11-29-21(31)15-8-12-30(13-9-15)34(32,33)20-7-2-1-4-17(20)22(24,25)26/h1-7,15,28H,8-13H2,(H,29,31). The number of nitrogens with one attached hydrogen (secondary N) is 2. The Bertz CT molecular complexity index is 1190. The lowest BCUT2D eigenvalue weighted by molar-refractivity contribution is -0.139. The highest BCUT2D eigenvalue weighted by Gasteiger charge is 2.40. The van der Waals surface area contributed by atoms with Gasteiger partial charge < -0.3 is 10.6 Å². The molecule has 0 bridgehead atoms. The summed E-state index contributed by atoms with van der Waals surface area (Å²) >= 11 is 0. The first kappa shape index (κ1) is 25.5. The second-order valence-corrected chi connectivity index (χ2v) is 9.57. The monoisotopic (exact) mass is 498 g/mol. The third kappa shape index (κ3) is 5.66. The molecule has 1 amide bonds. The molecule has 1 fully saturated rings. The number of piperidine rings is 1. The van der Waals surface area contributed by atoms with Crippen molar-refractivity contribution in [3.63, 3.8) is 0 Å². The number of benzene rings is 2. The van der Waals surface area contributed by atoms with Crippen molar-refractivity contribution in [3.05, 3.63) is 59.4 Å². The van der Waals surface area contributed by atoms with Crippen molar-refractivity contribution in [2.24, 2.45) is 5.92 Å². The number of amides is 1. The van der Waals surface area contributed by atoms with E-state index in [0.717, 1.165) is 22.5 Å². The number of hydrogen-bond donors (Lipinski definition) is 2. The molecule has 7 nitrogen and oxygen atoms in total. The minimum atomic E-state index is -4.81. The number of carbonyl (C=O) groups excluding carboxylic acids is 1. The Hall–Kier alpha value is -3.17. The Kier molecular flexibility index (Phi) is 7.78. The van der Waals surface area contributed by atoms with Crippen LogP contribution in [0, 0.1) is 23.1 Å². The topological polar surface area (TPSA) is 102 Å². The van der Waals surface area contributed by atoms with Crippen molar-refractivity contribution in [2.45, 2.75) is 23.9 Å². The fourth-order valence-corrected chi connectivity index (χ4v) is 5.42. The Morgan fingerprint density at radius 1 is 1.09 bits per heavy atom. The molecule has 0 atom stereocenters. The normalized spacial score (nSPS) is 15.5. The van der Waals surface area contributed by atoms with Gasteiger partial charge in [0.15, 0.2) is 0 Å². The fourth-order valence-electron chi connectivity index (χ4n) is 3.74. The van der Waals surface area contributed by atoms with Gasteiger partial charge in [-0.15, -0.1) is 0 Å². The van der Waals surface area contributed by atoms with Crippen LogP contribution in [0.2, 0.25) is 0 Å². The number of alkyl halides is 3. The van der Waals surface area contributed by atoms with Crippen LogP contribution >= 0.6 is 0 Å². The molecule has 0 spiro atoms. The van der Waals surface area contributed by atoms with Gasteiger partial charge in [-0.05, 0) is 37.1 Å². The maximum atomic E-state index is 13.6. The molecule has 1 aliphatic rings. The third-order valence-electron chi connectivity index (χ3n) is 5.50. The zero-order chi connectivity index (χ0) is 24.9. The summed E-state index contributed by atoms with van der Waals surface area (Å²) in [7, 11) is -4.37. The van der Waals surface area contributed by atoms with Gasteiger partial charge in [0, 0.05) is 32.1 Å². The van der Waals surface area contributed by atoms with Gasteiger partial charge >= 0.3 is 6.18 Å². The molecule has 2 N–H and O–H groups in total. The Morgan fingerprint density at radius 3 is 2.41 bits per heavy atom. The average Bonchev–Trinajstić information content (AvgIpc) is 2.81. The third-order valence-corrected chi connectivity index (χ3v) is 7.46. The molecule has 1 aliphatic heterocycles. The van der Waals surface area contributed by atoms with Gasteiger partial charge in [-0.2, -0.15) is 22.7 Å². The van der Waals surface area contributed by atoms with E-state index < -0.39 is 38.4 Å². The molecule has 1 saturated heterocycles. The lowest BCUT2D eigenvalue weighted by Crippen LogP contribution is -2.44. The van der Waals surface area contributed by atoms with E-state index in [4.69, 9.17) is 5.26 Å². The van der Waals surface area contributed by atoms with E-state index in [0.29, 0.717) is 5.69 Å². The smallest absolute Gasteiger partial charge is 0.382 e. The summed E-state index contributed by atoms with van der Waals surface area (Å²) < 4.78 is 80.0. The Balaban J connectivity index is 1.53. The molecule has 0 radical (unpaired) electrons. The number of sulfonamides is 1. The number of hydrogen-bond acceptors (Lipinski definition) is 5. The van der Waals surface area contributed by atoms with Crippen molar-refractivity contribution >= 4 is 21.6 Å². The van der Waals surface area contributed by atoms with Crippen LogP contribution in [-0.4, -0.2) is 44.8 Å². The van der Waals surface area contributed by atoms with E-state index in [1.54, 1.807) is 6.07 Å². The van der Waals surface area contributed by atoms with Crippen molar-refractivity contribution in [1.82, 2.24) is 9.62 Å². The van der Waals surface area contributed by atoms with Crippen molar-refractivity contribution in [1.29, 1.82) is 5.26 Å². The van der Waals surface area contributed by atoms with Gasteiger partial charge in [-0.25, -0.2) is 12.8 Å². The van der Waals surface area contributed by atoms with Crippen LogP contribution in [0.3, 0.4) is 0 Å². The summed E-state index contributed by atoms with van der Waals surface area (Å²) in [5.74, 6) is -1.46. The number of halogens is 4. The van der Waals surface area contributed by atoms with Crippen LogP contribution in [0.4, 0.5) is 23.2 Å². The van der Waals surface area contributed by atoms with Crippen LogP contribution in [0.25, 0.3) is 0 Å². The summed E-state index contributed by atoms with van der Waals surface area (Å²) in [6.07, 6.45) is -4.49. The Labute approximate surface area is 194 Å². The summed E-state index contributed by atoms with van der Waals surface area (Å²) in [6, 6.07) is 9.94. The second-order valence-electron chi connectivity index (χ2n) is 7.66. The van der Waals surface area contributed by atoms with Crippen LogP contribution < -0.4 is 10.6 Å². The summed E-state index contributed by atoms with van der Waals surface area (Å²) in [5.41, 5.74) is -1.05. The van der Waals surface area contributed by atoms with Gasteiger partial charge in [0.2, 0.25) is 15.9 Å². The molecule has 0 aromatic heterocycles. The molecule has 2 aromatic rings. The molecule has 182 valence electrons. The molecular formula is C22H22F4N4O3S. The van der Waals surface area contributed by atoms with Crippen LogP contribution in [0.1, 0.15) is 24.0 Å². The Morgan fingerprint density at radius 2 is 1.76 bits per heavy atom. The first-order valence-electron chi connectivity index (χ1n) is 10.4. The molecule has 0 saturated carbocycles. The second kappa shape index (κ2) is 10.4. The summed E-state index contributed by atoms with van der Waals surface area (Å²) in [5, 5.41) is 14.6.